The van der Waals surface area contributed by atoms with Gasteiger partial charge in [0.15, 0.2) is 0 Å². The zero-order chi connectivity index (χ0) is 37.3. The molecule has 0 heterocycles. The molecule has 0 radical (unpaired) electrons. The van der Waals surface area contributed by atoms with Gasteiger partial charge in [-0.3, -0.25) is 0 Å². The van der Waals surface area contributed by atoms with Crippen LogP contribution in [0.1, 0.15) is 16.7 Å². The van der Waals surface area contributed by atoms with E-state index in [4.69, 9.17) is 0 Å². The van der Waals surface area contributed by atoms with Crippen molar-refractivity contribution in [1.29, 1.82) is 0 Å². The number of anilines is 3. The highest BCUT2D eigenvalue weighted by molar-refractivity contribution is 6.15. The Hall–Kier alpha value is -7.22. The molecule has 0 saturated carbocycles. The van der Waals surface area contributed by atoms with Crippen molar-refractivity contribution >= 4 is 71.8 Å². The van der Waals surface area contributed by atoms with Crippen molar-refractivity contribution in [2.75, 3.05) is 4.90 Å². The maximum Gasteiger partial charge on any atom is 0.0546 e. The van der Waals surface area contributed by atoms with Crippen molar-refractivity contribution in [3.05, 3.63) is 235 Å². The van der Waals surface area contributed by atoms with Gasteiger partial charge in [-0.05, 0) is 114 Å². The van der Waals surface area contributed by atoms with Crippen molar-refractivity contribution in [2.24, 2.45) is 0 Å². The van der Waals surface area contributed by atoms with Gasteiger partial charge in [0.25, 0.3) is 0 Å². The molecule has 0 amide bonds. The molecule has 0 bridgehead atoms. The third-order valence-electron chi connectivity index (χ3n) is 11.1. The Kier molecular flexibility index (Phi) is 8.67. The molecule has 0 saturated heterocycles. The first-order valence-corrected chi connectivity index (χ1v) is 19.4. The Morgan fingerprint density at radius 2 is 0.839 bits per heavy atom. The molecule has 0 aliphatic rings. The summed E-state index contributed by atoms with van der Waals surface area (Å²) in [4.78, 5) is 2.39. The van der Waals surface area contributed by atoms with Gasteiger partial charge in [0.1, 0.15) is 0 Å². The van der Waals surface area contributed by atoms with Crippen LogP contribution >= 0.6 is 0 Å². The van der Waals surface area contributed by atoms with Gasteiger partial charge in [0.2, 0.25) is 0 Å². The molecular formula is C55H39N. The molecule has 1 nitrogen and oxygen atoms in total. The smallest absolute Gasteiger partial charge is 0.0546 e. The molecule has 0 spiro atoms. The second-order valence-electron chi connectivity index (χ2n) is 14.5. The Labute approximate surface area is 328 Å². The molecule has 0 aromatic heterocycles. The van der Waals surface area contributed by atoms with E-state index in [0.29, 0.717) is 0 Å². The fraction of sp³-hybridized carbons (Fsp3) is 0.0182. The Balaban J connectivity index is 1.00. The quantitative estimate of drug-likeness (QED) is 0.112. The van der Waals surface area contributed by atoms with E-state index in [1.54, 1.807) is 0 Å². The van der Waals surface area contributed by atoms with Crippen LogP contribution in [0.4, 0.5) is 17.1 Å². The maximum absolute atomic E-state index is 2.39. The van der Waals surface area contributed by atoms with Crippen LogP contribution in [0.5, 0.6) is 0 Å². The average Bonchev–Trinajstić information content (AvgIpc) is 3.27. The Morgan fingerprint density at radius 3 is 1.48 bits per heavy atom. The lowest BCUT2D eigenvalue weighted by molar-refractivity contribution is 1.29. The third kappa shape index (κ3) is 6.30. The largest absolute Gasteiger partial charge is 0.310 e. The Bertz CT molecular complexity index is 3010. The summed E-state index contributed by atoms with van der Waals surface area (Å²) in [6, 6.07) is 79.3. The maximum atomic E-state index is 2.39. The first-order valence-electron chi connectivity index (χ1n) is 19.4. The molecule has 264 valence electrons. The number of benzene rings is 10. The van der Waals surface area contributed by atoms with Crippen molar-refractivity contribution in [3.63, 3.8) is 0 Å². The number of nitrogens with zero attached hydrogens (tertiary/aromatic N) is 1. The van der Waals surface area contributed by atoms with Crippen molar-refractivity contribution in [2.45, 2.75) is 6.42 Å². The van der Waals surface area contributed by atoms with Crippen LogP contribution in [-0.4, -0.2) is 0 Å². The highest BCUT2D eigenvalue weighted by atomic mass is 15.1. The van der Waals surface area contributed by atoms with Crippen LogP contribution in [0.25, 0.3) is 65.9 Å². The van der Waals surface area contributed by atoms with E-state index in [1.807, 2.05) is 0 Å². The van der Waals surface area contributed by atoms with Crippen LogP contribution in [0.2, 0.25) is 0 Å². The number of para-hydroxylation sites is 1. The van der Waals surface area contributed by atoms with E-state index < -0.39 is 0 Å². The fourth-order valence-corrected chi connectivity index (χ4v) is 8.36. The summed E-state index contributed by atoms with van der Waals surface area (Å²) in [5.41, 5.74) is 10.9. The van der Waals surface area contributed by atoms with Crippen molar-refractivity contribution in [1.82, 2.24) is 0 Å². The SMILES string of the molecule is C(=C(\Cc1ccc(-c2ccc(N(c3ccccc3)c3cc4ccccc4c4ccccc34)cc2)cc1)c1cc2ccccc2c2ccccc12)/c1ccccc1. The van der Waals surface area contributed by atoms with Crippen LogP contribution in [-0.2, 0) is 6.42 Å². The van der Waals surface area contributed by atoms with Gasteiger partial charge in [-0.2, -0.15) is 0 Å². The van der Waals surface area contributed by atoms with E-state index in [-0.39, 0.29) is 0 Å². The van der Waals surface area contributed by atoms with Crippen LogP contribution in [0, 0.1) is 0 Å². The zero-order valence-corrected chi connectivity index (χ0v) is 31.0. The lowest BCUT2D eigenvalue weighted by Crippen LogP contribution is -2.10. The lowest BCUT2D eigenvalue weighted by atomic mass is 9.89. The fourth-order valence-electron chi connectivity index (χ4n) is 8.36. The molecule has 10 rings (SSSR count). The molecule has 0 fully saturated rings. The zero-order valence-electron chi connectivity index (χ0n) is 31.0. The highest BCUT2D eigenvalue weighted by Gasteiger charge is 2.18. The molecule has 0 aliphatic carbocycles. The lowest BCUT2D eigenvalue weighted by Gasteiger charge is -2.27. The first kappa shape index (κ1) is 33.4. The van der Waals surface area contributed by atoms with Gasteiger partial charge in [0.05, 0.1) is 5.69 Å². The summed E-state index contributed by atoms with van der Waals surface area (Å²) in [6.07, 6.45) is 3.18. The topological polar surface area (TPSA) is 3.24 Å². The summed E-state index contributed by atoms with van der Waals surface area (Å²) in [7, 11) is 0. The van der Waals surface area contributed by atoms with Crippen LogP contribution in [0.3, 0.4) is 0 Å². The number of fused-ring (bicyclic) bond motifs is 6. The van der Waals surface area contributed by atoms with Gasteiger partial charge in [-0.1, -0.05) is 188 Å². The summed E-state index contributed by atoms with van der Waals surface area (Å²) in [6.45, 7) is 0. The minimum Gasteiger partial charge on any atom is -0.310 e. The van der Waals surface area contributed by atoms with Gasteiger partial charge < -0.3 is 4.90 Å². The third-order valence-corrected chi connectivity index (χ3v) is 11.1. The molecule has 0 N–H and O–H groups in total. The summed E-state index contributed by atoms with van der Waals surface area (Å²) < 4.78 is 0. The van der Waals surface area contributed by atoms with E-state index in [0.717, 1.165) is 17.8 Å². The Morgan fingerprint density at radius 1 is 0.375 bits per heavy atom. The summed E-state index contributed by atoms with van der Waals surface area (Å²) in [5, 5.41) is 10.1. The minimum atomic E-state index is 0.822. The number of allylic oxidation sites excluding steroid dienone is 1. The molecule has 10 aromatic carbocycles. The first-order chi connectivity index (χ1) is 27.8. The van der Waals surface area contributed by atoms with E-state index in [1.165, 1.54) is 82.2 Å². The highest BCUT2D eigenvalue weighted by Crippen LogP contribution is 2.42. The van der Waals surface area contributed by atoms with Gasteiger partial charge >= 0.3 is 0 Å². The monoisotopic (exact) mass is 713 g/mol. The number of hydrogen-bond acceptors (Lipinski definition) is 1. The predicted molar refractivity (Wildman–Crippen MR) is 241 cm³/mol. The second-order valence-corrected chi connectivity index (χ2v) is 14.5. The molecule has 0 unspecified atom stereocenters. The molecular weight excluding hydrogens is 675 g/mol. The standard InChI is InChI=1S/C55H39N/c1-3-15-39(16-4-1)35-45(54-37-43-17-7-9-21-48(43)50-23-11-12-25-52(50)54)36-40-27-29-41(30-28-40)42-31-33-47(34-32-42)56(46-19-5-2-6-20-46)55-38-44-18-8-10-22-49(44)51-24-13-14-26-53(51)55/h1-35,37-38H,36H2/b45-35-. The molecule has 1 heteroatoms. The molecule has 0 atom stereocenters. The molecule has 0 aliphatic heterocycles. The van der Waals surface area contributed by atoms with Crippen molar-refractivity contribution < 1.29 is 0 Å². The van der Waals surface area contributed by atoms with E-state index >= 15 is 0 Å². The number of hydrogen-bond donors (Lipinski definition) is 0. The predicted octanol–water partition coefficient (Wildman–Crippen LogP) is 15.2. The summed E-state index contributed by atoms with van der Waals surface area (Å²) in [5.74, 6) is 0. The molecule has 56 heavy (non-hydrogen) atoms. The normalized spacial score (nSPS) is 11.8. The molecule has 10 aromatic rings. The van der Waals surface area contributed by atoms with Gasteiger partial charge in [-0.15, -0.1) is 0 Å². The summed E-state index contributed by atoms with van der Waals surface area (Å²) >= 11 is 0. The van der Waals surface area contributed by atoms with E-state index in [2.05, 4.69) is 229 Å². The number of rotatable bonds is 8. The van der Waals surface area contributed by atoms with Crippen LogP contribution in [0.15, 0.2) is 218 Å². The van der Waals surface area contributed by atoms with Gasteiger partial charge in [-0.25, -0.2) is 0 Å². The van der Waals surface area contributed by atoms with Gasteiger partial charge in [0, 0.05) is 16.8 Å². The average molecular weight is 714 g/mol. The second kappa shape index (κ2) is 14.5. The van der Waals surface area contributed by atoms with E-state index in [9.17, 15) is 0 Å². The van der Waals surface area contributed by atoms with Crippen LogP contribution < -0.4 is 4.90 Å². The van der Waals surface area contributed by atoms with Crippen molar-refractivity contribution in [3.8, 4) is 11.1 Å². The minimum absolute atomic E-state index is 0.822.